The van der Waals surface area contributed by atoms with Gasteiger partial charge in [0, 0.05) is 25.6 Å². The van der Waals surface area contributed by atoms with E-state index in [1.807, 2.05) is 20.8 Å². The predicted octanol–water partition coefficient (Wildman–Crippen LogP) is 3.14. The number of carboxylic acid groups (broad SMARTS) is 1. The molecular formula is C15H24N2O3S. The van der Waals surface area contributed by atoms with E-state index in [0.29, 0.717) is 10.6 Å². The number of rotatable bonds is 3. The van der Waals surface area contributed by atoms with Gasteiger partial charge >= 0.3 is 5.97 Å². The molecule has 1 saturated heterocycles. The molecule has 1 N–H and O–H groups in total. The van der Waals surface area contributed by atoms with Crippen molar-refractivity contribution >= 4 is 22.4 Å². The number of carboxylic acids is 1. The second-order valence-electron chi connectivity index (χ2n) is 6.91. The van der Waals surface area contributed by atoms with Crippen LogP contribution in [0.2, 0.25) is 0 Å². The lowest BCUT2D eigenvalue weighted by atomic mass is 9.91. The minimum atomic E-state index is -0.893. The first-order chi connectivity index (χ1) is 9.66. The summed E-state index contributed by atoms with van der Waals surface area (Å²) in [5, 5.41) is 10.2. The standard InChI is InChI=1S/C15H24N2O3S/c1-14(2,3)11-10(12(18)19)21-13(16-11)17-8-6-7-15(4,9-17)20-5/h6-9H2,1-5H3,(H,18,19). The number of piperidine rings is 1. The Kier molecular flexibility index (Phi) is 4.31. The fourth-order valence-corrected chi connectivity index (χ4v) is 3.77. The highest BCUT2D eigenvalue weighted by molar-refractivity contribution is 7.17. The summed E-state index contributed by atoms with van der Waals surface area (Å²) in [7, 11) is 1.73. The molecule has 1 fully saturated rings. The average Bonchev–Trinajstić information content (AvgIpc) is 2.84. The third-order valence-electron chi connectivity index (χ3n) is 3.94. The molecule has 1 aliphatic heterocycles. The van der Waals surface area contributed by atoms with Crippen LogP contribution in [0, 0.1) is 0 Å². The van der Waals surface area contributed by atoms with Crippen LogP contribution in [-0.2, 0) is 10.2 Å². The Morgan fingerprint density at radius 2 is 2.14 bits per heavy atom. The van der Waals surface area contributed by atoms with E-state index in [9.17, 15) is 9.90 Å². The monoisotopic (exact) mass is 312 g/mol. The van der Waals surface area contributed by atoms with Gasteiger partial charge in [-0.1, -0.05) is 32.1 Å². The molecule has 1 aliphatic rings. The summed E-state index contributed by atoms with van der Waals surface area (Å²) in [4.78, 5) is 18.6. The van der Waals surface area contributed by atoms with E-state index in [1.165, 1.54) is 11.3 Å². The molecule has 21 heavy (non-hydrogen) atoms. The topological polar surface area (TPSA) is 62.7 Å². The summed E-state index contributed by atoms with van der Waals surface area (Å²) in [6.45, 7) is 9.72. The van der Waals surface area contributed by atoms with Crippen molar-refractivity contribution in [3.8, 4) is 0 Å². The number of aromatic carboxylic acids is 1. The van der Waals surface area contributed by atoms with Gasteiger partial charge in [0.05, 0.1) is 11.3 Å². The Balaban J connectivity index is 2.35. The van der Waals surface area contributed by atoms with Gasteiger partial charge in [-0.25, -0.2) is 9.78 Å². The lowest BCUT2D eigenvalue weighted by Gasteiger charge is -2.39. The average molecular weight is 312 g/mol. The van der Waals surface area contributed by atoms with Crippen LogP contribution in [0.1, 0.15) is 55.9 Å². The van der Waals surface area contributed by atoms with E-state index >= 15 is 0 Å². The van der Waals surface area contributed by atoms with Gasteiger partial charge in [-0.2, -0.15) is 0 Å². The quantitative estimate of drug-likeness (QED) is 0.929. The molecule has 2 heterocycles. The third kappa shape index (κ3) is 3.37. The first kappa shape index (κ1) is 16.2. The summed E-state index contributed by atoms with van der Waals surface area (Å²) in [6, 6.07) is 0. The Morgan fingerprint density at radius 1 is 1.48 bits per heavy atom. The number of ether oxygens (including phenoxy) is 1. The highest BCUT2D eigenvalue weighted by Gasteiger charge is 2.34. The van der Waals surface area contributed by atoms with E-state index in [1.54, 1.807) is 7.11 Å². The molecule has 1 aromatic rings. The number of carbonyl (C=O) groups is 1. The summed E-state index contributed by atoms with van der Waals surface area (Å²) in [5.74, 6) is -0.893. The van der Waals surface area contributed by atoms with Gasteiger partial charge in [0.15, 0.2) is 5.13 Å². The molecule has 0 amide bonds. The third-order valence-corrected chi connectivity index (χ3v) is 5.05. The normalized spacial score (nSPS) is 23.4. The first-order valence-electron chi connectivity index (χ1n) is 7.21. The largest absolute Gasteiger partial charge is 0.477 e. The highest BCUT2D eigenvalue weighted by Crippen LogP contribution is 2.36. The minimum Gasteiger partial charge on any atom is -0.477 e. The van der Waals surface area contributed by atoms with Gasteiger partial charge in [0.25, 0.3) is 0 Å². The second-order valence-corrected chi connectivity index (χ2v) is 7.89. The second kappa shape index (κ2) is 5.57. The van der Waals surface area contributed by atoms with Crippen LogP contribution >= 0.6 is 11.3 Å². The molecular weight excluding hydrogens is 288 g/mol. The van der Waals surface area contributed by atoms with Crippen molar-refractivity contribution in [1.82, 2.24) is 4.98 Å². The summed E-state index contributed by atoms with van der Waals surface area (Å²) in [5.41, 5.74) is 0.206. The van der Waals surface area contributed by atoms with Crippen LogP contribution in [-0.4, -0.2) is 41.9 Å². The molecule has 2 rings (SSSR count). The molecule has 0 spiro atoms. The summed E-state index contributed by atoms with van der Waals surface area (Å²) in [6.07, 6.45) is 2.04. The molecule has 1 atom stereocenters. The van der Waals surface area contributed by atoms with Crippen molar-refractivity contribution in [3.05, 3.63) is 10.6 Å². The van der Waals surface area contributed by atoms with E-state index in [-0.39, 0.29) is 11.0 Å². The number of hydrogen-bond donors (Lipinski definition) is 1. The maximum Gasteiger partial charge on any atom is 0.347 e. The minimum absolute atomic E-state index is 0.185. The van der Waals surface area contributed by atoms with E-state index < -0.39 is 5.97 Å². The van der Waals surface area contributed by atoms with Crippen molar-refractivity contribution in [2.24, 2.45) is 0 Å². The van der Waals surface area contributed by atoms with E-state index in [2.05, 4.69) is 16.8 Å². The maximum atomic E-state index is 11.5. The molecule has 0 aliphatic carbocycles. The van der Waals surface area contributed by atoms with Crippen LogP contribution in [0.4, 0.5) is 5.13 Å². The van der Waals surface area contributed by atoms with Crippen LogP contribution in [0.5, 0.6) is 0 Å². The Bertz CT molecular complexity index is 536. The fraction of sp³-hybridized carbons (Fsp3) is 0.733. The molecule has 0 bridgehead atoms. The molecule has 0 saturated carbocycles. The Hall–Kier alpha value is -1.14. The van der Waals surface area contributed by atoms with Crippen molar-refractivity contribution < 1.29 is 14.6 Å². The summed E-state index contributed by atoms with van der Waals surface area (Å²) >= 11 is 1.27. The molecule has 5 nitrogen and oxygen atoms in total. The highest BCUT2D eigenvalue weighted by atomic mass is 32.1. The zero-order valence-corrected chi connectivity index (χ0v) is 14.2. The molecule has 0 radical (unpaired) electrons. The van der Waals surface area contributed by atoms with Crippen molar-refractivity contribution in [2.75, 3.05) is 25.1 Å². The lowest BCUT2D eigenvalue weighted by molar-refractivity contribution is -0.00467. The van der Waals surface area contributed by atoms with Gasteiger partial charge in [-0.3, -0.25) is 0 Å². The summed E-state index contributed by atoms with van der Waals surface area (Å²) < 4.78 is 5.60. The zero-order valence-electron chi connectivity index (χ0n) is 13.4. The number of anilines is 1. The van der Waals surface area contributed by atoms with E-state index in [4.69, 9.17) is 4.74 Å². The Morgan fingerprint density at radius 3 is 2.62 bits per heavy atom. The SMILES string of the molecule is COC1(C)CCCN(c2nc(C(C)(C)C)c(C(=O)O)s2)C1. The van der Waals surface area contributed by atoms with Gasteiger partial charge in [-0.15, -0.1) is 0 Å². The van der Waals surface area contributed by atoms with Gasteiger partial charge in [0.1, 0.15) is 4.88 Å². The van der Waals surface area contributed by atoms with Gasteiger partial charge < -0.3 is 14.7 Å². The van der Waals surface area contributed by atoms with Gasteiger partial charge in [-0.05, 0) is 19.8 Å². The number of nitrogens with zero attached hydrogens (tertiary/aromatic N) is 2. The molecule has 118 valence electrons. The molecule has 6 heteroatoms. The van der Waals surface area contributed by atoms with Crippen molar-refractivity contribution in [3.63, 3.8) is 0 Å². The van der Waals surface area contributed by atoms with Crippen LogP contribution in [0.25, 0.3) is 0 Å². The van der Waals surface area contributed by atoms with Crippen LogP contribution < -0.4 is 4.90 Å². The zero-order chi connectivity index (χ0) is 15.8. The fourth-order valence-electron chi connectivity index (χ4n) is 2.63. The molecule has 0 aromatic carbocycles. The van der Waals surface area contributed by atoms with E-state index in [0.717, 1.165) is 31.1 Å². The Labute approximate surface area is 129 Å². The molecule has 1 unspecified atom stereocenters. The van der Waals surface area contributed by atoms with Crippen LogP contribution in [0.3, 0.4) is 0 Å². The smallest absolute Gasteiger partial charge is 0.347 e. The predicted molar refractivity (Wildman–Crippen MR) is 84.6 cm³/mol. The van der Waals surface area contributed by atoms with Crippen LogP contribution in [0.15, 0.2) is 0 Å². The number of aromatic nitrogens is 1. The molecule has 1 aromatic heterocycles. The number of methoxy groups -OCH3 is 1. The lowest BCUT2D eigenvalue weighted by Crippen LogP contribution is -2.47. The number of thiazole rings is 1. The van der Waals surface area contributed by atoms with Gasteiger partial charge in [0.2, 0.25) is 0 Å². The first-order valence-corrected chi connectivity index (χ1v) is 8.03. The maximum absolute atomic E-state index is 11.5. The van der Waals surface area contributed by atoms with Crippen molar-refractivity contribution in [1.29, 1.82) is 0 Å². The number of hydrogen-bond acceptors (Lipinski definition) is 5. The van der Waals surface area contributed by atoms with Crippen molar-refractivity contribution in [2.45, 2.75) is 51.6 Å².